The third-order valence-corrected chi connectivity index (χ3v) is 2.70. The van der Waals surface area contributed by atoms with Crippen molar-refractivity contribution in [2.45, 2.75) is 13.5 Å². The number of aliphatic hydroxyl groups is 1. The number of rotatable bonds is 3. The van der Waals surface area contributed by atoms with Crippen LogP contribution in [0.5, 0.6) is 11.8 Å². The molecule has 88 valence electrons. The molecule has 0 fully saturated rings. The summed E-state index contributed by atoms with van der Waals surface area (Å²) < 4.78 is 6.54. The minimum atomic E-state index is -0.0718. The highest BCUT2D eigenvalue weighted by molar-refractivity contribution is 9.10. The second kappa shape index (κ2) is 5.25. The predicted octanol–water partition coefficient (Wildman–Crippen LogP) is 2.83. The molecule has 2 aromatic rings. The molecule has 0 bridgehead atoms. The fourth-order valence-corrected chi connectivity index (χ4v) is 1.78. The Bertz CT molecular complexity index is 514. The number of ether oxygens (including phenoxy) is 1. The molecule has 1 heterocycles. The second-order valence-corrected chi connectivity index (χ2v) is 4.46. The Morgan fingerprint density at radius 2 is 2.00 bits per heavy atom. The average molecular weight is 295 g/mol. The van der Waals surface area contributed by atoms with Crippen LogP contribution in [0.4, 0.5) is 0 Å². The van der Waals surface area contributed by atoms with Crippen LogP contribution < -0.4 is 4.74 Å². The smallest absolute Gasteiger partial charge is 0.321 e. The van der Waals surface area contributed by atoms with Gasteiger partial charge in [-0.25, -0.2) is 9.97 Å². The van der Waals surface area contributed by atoms with Gasteiger partial charge in [0.25, 0.3) is 0 Å². The van der Waals surface area contributed by atoms with Crippen molar-refractivity contribution in [3.8, 4) is 11.8 Å². The van der Waals surface area contributed by atoms with Crippen LogP contribution in [0.3, 0.4) is 0 Å². The first-order valence-corrected chi connectivity index (χ1v) is 5.84. The first kappa shape index (κ1) is 12.0. The van der Waals surface area contributed by atoms with E-state index in [0.29, 0.717) is 11.3 Å². The Morgan fingerprint density at radius 1 is 1.29 bits per heavy atom. The van der Waals surface area contributed by atoms with Gasteiger partial charge in [0.1, 0.15) is 5.75 Å². The minimum Gasteiger partial charge on any atom is -0.424 e. The molecule has 17 heavy (non-hydrogen) atoms. The van der Waals surface area contributed by atoms with Gasteiger partial charge in [-0.3, -0.25) is 0 Å². The van der Waals surface area contributed by atoms with Gasteiger partial charge in [0.15, 0.2) is 0 Å². The molecule has 5 heteroatoms. The Balaban J connectivity index is 2.19. The van der Waals surface area contributed by atoms with Crippen LogP contribution in [0, 0.1) is 6.92 Å². The molecule has 0 saturated carbocycles. The van der Waals surface area contributed by atoms with E-state index < -0.39 is 0 Å². The number of aliphatic hydroxyl groups excluding tert-OH is 1. The lowest BCUT2D eigenvalue weighted by atomic mass is 10.2. The zero-order valence-electron chi connectivity index (χ0n) is 9.22. The van der Waals surface area contributed by atoms with E-state index in [1.807, 2.05) is 25.1 Å². The molecule has 2 rings (SSSR count). The first-order valence-electron chi connectivity index (χ1n) is 5.05. The summed E-state index contributed by atoms with van der Waals surface area (Å²) in [6, 6.07) is 5.97. The molecule has 0 atom stereocenters. The fourth-order valence-electron chi connectivity index (χ4n) is 1.30. The summed E-state index contributed by atoms with van der Waals surface area (Å²) in [4.78, 5) is 8.01. The van der Waals surface area contributed by atoms with Gasteiger partial charge in [-0.15, -0.1) is 0 Å². The van der Waals surface area contributed by atoms with Crippen LogP contribution in [0.25, 0.3) is 0 Å². The fraction of sp³-hybridized carbons (Fsp3) is 0.167. The van der Waals surface area contributed by atoms with Crippen molar-refractivity contribution >= 4 is 15.9 Å². The minimum absolute atomic E-state index is 0.0718. The number of hydrogen-bond donors (Lipinski definition) is 1. The van der Waals surface area contributed by atoms with E-state index >= 15 is 0 Å². The zero-order chi connectivity index (χ0) is 12.3. The summed E-state index contributed by atoms with van der Waals surface area (Å²) in [6.07, 6.45) is 3.08. The molecule has 0 amide bonds. The van der Waals surface area contributed by atoms with E-state index in [4.69, 9.17) is 9.84 Å². The van der Waals surface area contributed by atoms with E-state index in [1.165, 1.54) is 12.4 Å². The van der Waals surface area contributed by atoms with E-state index in [2.05, 4.69) is 25.9 Å². The highest BCUT2D eigenvalue weighted by Crippen LogP contribution is 2.25. The van der Waals surface area contributed by atoms with Crippen molar-refractivity contribution in [2.24, 2.45) is 0 Å². The van der Waals surface area contributed by atoms with Gasteiger partial charge in [-0.1, -0.05) is 15.9 Å². The lowest BCUT2D eigenvalue weighted by Crippen LogP contribution is -1.95. The van der Waals surface area contributed by atoms with Crippen molar-refractivity contribution in [1.82, 2.24) is 9.97 Å². The van der Waals surface area contributed by atoms with Gasteiger partial charge in [0.2, 0.25) is 0 Å². The monoisotopic (exact) mass is 294 g/mol. The van der Waals surface area contributed by atoms with Crippen molar-refractivity contribution in [3.05, 3.63) is 46.2 Å². The lowest BCUT2D eigenvalue weighted by Gasteiger charge is -2.07. The van der Waals surface area contributed by atoms with Crippen LogP contribution in [0.1, 0.15) is 11.1 Å². The molecular weight excluding hydrogens is 284 g/mol. The topological polar surface area (TPSA) is 55.2 Å². The molecule has 1 aromatic carbocycles. The molecule has 0 spiro atoms. The first-order chi connectivity index (χ1) is 8.19. The molecule has 0 radical (unpaired) electrons. The van der Waals surface area contributed by atoms with Crippen LogP contribution in [0.15, 0.2) is 35.1 Å². The van der Waals surface area contributed by atoms with Gasteiger partial charge in [-0.05, 0) is 30.7 Å². The molecule has 0 saturated heterocycles. The average Bonchev–Trinajstić information content (AvgIpc) is 2.34. The third-order valence-electron chi connectivity index (χ3n) is 2.20. The maximum absolute atomic E-state index is 8.87. The molecule has 1 N–H and O–H groups in total. The summed E-state index contributed by atoms with van der Waals surface area (Å²) in [5.74, 6) is 0.713. The molecule has 4 nitrogen and oxygen atoms in total. The van der Waals surface area contributed by atoms with E-state index in [1.54, 1.807) is 0 Å². The highest BCUT2D eigenvalue weighted by atomic mass is 79.9. The van der Waals surface area contributed by atoms with Crippen molar-refractivity contribution in [1.29, 1.82) is 0 Å². The number of nitrogens with zero attached hydrogens (tertiary/aromatic N) is 2. The Morgan fingerprint density at radius 3 is 2.59 bits per heavy atom. The predicted molar refractivity (Wildman–Crippen MR) is 66.9 cm³/mol. The number of aryl methyl sites for hydroxylation is 1. The summed E-state index contributed by atoms with van der Waals surface area (Å²) in [6.45, 7) is 1.87. The summed E-state index contributed by atoms with van der Waals surface area (Å²) >= 11 is 3.39. The van der Waals surface area contributed by atoms with E-state index in [0.717, 1.165) is 10.0 Å². The van der Waals surface area contributed by atoms with Crippen LogP contribution in [-0.2, 0) is 6.61 Å². The number of hydrogen-bond acceptors (Lipinski definition) is 4. The van der Waals surface area contributed by atoms with Gasteiger partial charge < -0.3 is 9.84 Å². The standard InChI is InChI=1S/C12H11BrN2O2/c1-8-4-10(13)2-3-11(8)17-12-14-5-9(7-16)6-15-12/h2-6,16H,7H2,1H3. The van der Waals surface area contributed by atoms with E-state index in [9.17, 15) is 0 Å². The number of aromatic nitrogens is 2. The lowest BCUT2D eigenvalue weighted by molar-refractivity contribution is 0.280. The second-order valence-electron chi connectivity index (χ2n) is 3.54. The van der Waals surface area contributed by atoms with Gasteiger partial charge in [-0.2, -0.15) is 0 Å². The maximum Gasteiger partial charge on any atom is 0.321 e. The maximum atomic E-state index is 8.87. The van der Waals surface area contributed by atoms with E-state index in [-0.39, 0.29) is 12.6 Å². The SMILES string of the molecule is Cc1cc(Br)ccc1Oc1ncc(CO)cn1. The van der Waals surface area contributed by atoms with Crippen molar-refractivity contribution in [2.75, 3.05) is 0 Å². The molecule has 0 aliphatic rings. The number of halogens is 1. The Kier molecular flexibility index (Phi) is 3.71. The van der Waals surface area contributed by atoms with Crippen LogP contribution in [-0.4, -0.2) is 15.1 Å². The van der Waals surface area contributed by atoms with Crippen LogP contribution in [0.2, 0.25) is 0 Å². The molecule has 0 aliphatic heterocycles. The largest absolute Gasteiger partial charge is 0.424 e. The number of benzene rings is 1. The zero-order valence-corrected chi connectivity index (χ0v) is 10.8. The normalized spacial score (nSPS) is 10.3. The molecule has 0 aliphatic carbocycles. The van der Waals surface area contributed by atoms with Crippen molar-refractivity contribution in [3.63, 3.8) is 0 Å². The summed E-state index contributed by atoms with van der Waals surface area (Å²) in [5, 5.41) is 8.87. The van der Waals surface area contributed by atoms with Crippen molar-refractivity contribution < 1.29 is 9.84 Å². The molecular formula is C12H11BrN2O2. The summed E-state index contributed by atoms with van der Waals surface area (Å²) in [7, 11) is 0. The molecule has 1 aromatic heterocycles. The Hall–Kier alpha value is -1.46. The quantitative estimate of drug-likeness (QED) is 0.946. The van der Waals surface area contributed by atoms with Gasteiger partial charge in [0, 0.05) is 22.4 Å². The highest BCUT2D eigenvalue weighted by Gasteiger charge is 2.04. The molecule has 0 unspecified atom stereocenters. The summed E-state index contributed by atoms with van der Waals surface area (Å²) in [5.41, 5.74) is 1.65. The van der Waals surface area contributed by atoms with Crippen LogP contribution >= 0.6 is 15.9 Å². The van der Waals surface area contributed by atoms with Gasteiger partial charge >= 0.3 is 6.01 Å². The van der Waals surface area contributed by atoms with Gasteiger partial charge in [0.05, 0.1) is 6.61 Å². The Labute approximate surface area is 107 Å². The third kappa shape index (κ3) is 3.01.